The summed E-state index contributed by atoms with van der Waals surface area (Å²) in [5.74, 6) is 0.984. The molecule has 0 radical (unpaired) electrons. The molecule has 2 N–H and O–H groups in total. The van der Waals surface area contributed by atoms with Crippen LogP contribution >= 0.6 is 0 Å². The minimum absolute atomic E-state index is 0.202. The number of hydrogen-bond acceptors (Lipinski definition) is 4. The van der Waals surface area contributed by atoms with E-state index >= 15 is 0 Å². The van der Waals surface area contributed by atoms with Crippen molar-refractivity contribution in [3.8, 4) is 5.75 Å². The van der Waals surface area contributed by atoms with Crippen molar-refractivity contribution in [3.05, 3.63) is 29.3 Å². The van der Waals surface area contributed by atoms with Crippen LogP contribution in [0, 0.1) is 6.92 Å². The topological polar surface area (TPSA) is 47.7 Å². The zero-order chi connectivity index (χ0) is 15.1. The number of benzene rings is 1. The summed E-state index contributed by atoms with van der Waals surface area (Å²) in [6, 6.07) is 6.57. The van der Waals surface area contributed by atoms with Crippen LogP contribution in [0.3, 0.4) is 0 Å². The molecule has 2 rings (SSSR count). The molecule has 1 unspecified atom stereocenters. The number of rotatable bonds is 7. The van der Waals surface area contributed by atoms with E-state index in [1.165, 1.54) is 11.1 Å². The van der Waals surface area contributed by atoms with Gasteiger partial charge in [0.1, 0.15) is 12.4 Å². The molecule has 1 fully saturated rings. The standard InChI is InChI=1S/C17H28N2O2/c1-3-16(18)13-15-12-14(2)4-5-17(15)21-11-8-19-6-9-20-10-7-19/h4-5,12,16H,3,6-11,13,18H2,1-2H3. The summed E-state index contributed by atoms with van der Waals surface area (Å²) < 4.78 is 11.4. The minimum atomic E-state index is 0.202. The summed E-state index contributed by atoms with van der Waals surface area (Å²) in [4.78, 5) is 2.38. The van der Waals surface area contributed by atoms with Gasteiger partial charge in [-0.15, -0.1) is 0 Å². The molecular formula is C17H28N2O2. The van der Waals surface area contributed by atoms with Crippen LogP contribution in [-0.2, 0) is 11.2 Å². The lowest BCUT2D eigenvalue weighted by Crippen LogP contribution is -2.38. The van der Waals surface area contributed by atoms with Crippen LogP contribution in [0.2, 0.25) is 0 Å². The number of ether oxygens (including phenoxy) is 2. The zero-order valence-electron chi connectivity index (χ0n) is 13.3. The predicted molar refractivity (Wildman–Crippen MR) is 85.9 cm³/mol. The van der Waals surface area contributed by atoms with E-state index in [9.17, 15) is 0 Å². The Morgan fingerprint density at radius 3 is 2.81 bits per heavy atom. The van der Waals surface area contributed by atoms with E-state index in [1.54, 1.807) is 0 Å². The van der Waals surface area contributed by atoms with E-state index in [1.807, 2.05) is 0 Å². The summed E-state index contributed by atoms with van der Waals surface area (Å²) in [5.41, 5.74) is 8.58. The second kappa shape index (κ2) is 8.37. The van der Waals surface area contributed by atoms with E-state index < -0.39 is 0 Å². The van der Waals surface area contributed by atoms with Gasteiger partial charge in [-0.25, -0.2) is 0 Å². The predicted octanol–water partition coefficient (Wildman–Crippen LogP) is 1.99. The number of morpholine rings is 1. The van der Waals surface area contributed by atoms with Gasteiger partial charge < -0.3 is 15.2 Å². The van der Waals surface area contributed by atoms with Crippen molar-refractivity contribution in [2.24, 2.45) is 5.73 Å². The fourth-order valence-corrected chi connectivity index (χ4v) is 2.54. The molecule has 1 saturated heterocycles. The lowest BCUT2D eigenvalue weighted by Gasteiger charge is -2.26. The van der Waals surface area contributed by atoms with Gasteiger partial charge in [0.25, 0.3) is 0 Å². The van der Waals surface area contributed by atoms with Crippen molar-refractivity contribution in [2.75, 3.05) is 39.5 Å². The van der Waals surface area contributed by atoms with E-state index in [-0.39, 0.29) is 6.04 Å². The highest BCUT2D eigenvalue weighted by Gasteiger charge is 2.12. The molecule has 1 heterocycles. The van der Waals surface area contributed by atoms with Gasteiger partial charge in [0.05, 0.1) is 13.2 Å². The van der Waals surface area contributed by atoms with Crippen molar-refractivity contribution in [2.45, 2.75) is 32.7 Å². The largest absolute Gasteiger partial charge is 0.492 e. The molecule has 0 aromatic heterocycles. The van der Waals surface area contributed by atoms with Gasteiger partial charge in [-0.3, -0.25) is 4.90 Å². The number of hydrogen-bond donors (Lipinski definition) is 1. The van der Waals surface area contributed by atoms with Gasteiger partial charge in [-0.2, -0.15) is 0 Å². The first kappa shape index (κ1) is 16.3. The molecule has 4 heteroatoms. The molecule has 0 aliphatic carbocycles. The molecule has 21 heavy (non-hydrogen) atoms. The molecule has 1 aromatic rings. The van der Waals surface area contributed by atoms with Gasteiger partial charge in [0, 0.05) is 25.7 Å². The van der Waals surface area contributed by atoms with Crippen LogP contribution in [0.25, 0.3) is 0 Å². The maximum Gasteiger partial charge on any atom is 0.122 e. The zero-order valence-corrected chi connectivity index (χ0v) is 13.3. The van der Waals surface area contributed by atoms with E-state index in [4.69, 9.17) is 15.2 Å². The van der Waals surface area contributed by atoms with Crippen molar-refractivity contribution in [3.63, 3.8) is 0 Å². The fraction of sp³-hybridized carbons (Fsp3) is 0.647. The van der Waals surface area contributed by atoms with Crippen LogP contribution in [-0.4, -0.2) is 50.4 Å². The van der Waals surface area contributed by atoms with Gasteiger partial charge in [-0.05, 0) is 31.4 Å². The van der Waals surface area contributed by atoms with Crippen LogP contribution in [0.5, 0.6) is 5.75 Å². The summed E-state index contributed by atoms with van der Waals surface area (Å²) in [6.45, 7) is 9.59. The third kappa shape index (κ3) is 5.30. The first-order valence-electron chi connectivity index (χ1n) is 7.97. The molecule has 1 aliphatic heterocycles. The van der Waals surface area contributed by atoms with Crippen molar-refractivity contribution in [1.82, 2.24) is 4.90 Å². The summed E-state index contributed by atoms with van der Waals surface area (Å²) in [6.07, 6.45) is 1.87. The molecular weight excluding hydrogens is 264 g/mol. The SMILES string of the molecule is CCC(N)Cc1cc(C)ccc1OCCN1CCOCC1. The van der Waals surface area contributed by atoms with E-state index in [0.29, 0.717) is 0 Å². The van der Waals surface area contributed by atoms with Crippen LogP contribution < -0.4 is 10.5 Å². The molecule has 1 aromatic carbocycles. The molecule has 0 saturated carbocycles. The normalized spacial score (nSPS) is 17.7. The average molecular weight is 292 g/mol. The molecule has 4 nitrogen and oxygen atoms in total. The van der Waals surface area contributed by atoms with Crippen LogP contribution in [0.1, 0.15) is 24.5 Å². The fourth-order valence-electron chi connectivity index (χ4n) is 2.54. The van der Waals surface area contributed by atoms with Crippen molar-refractivity contribution < 1.29 is 9.47 Å². The Balaban J connectivity index is 1.88. The lowest BCUT2D eigenvalue weighted by atomic mass is 10.0. The van der Waals surface area contributed by atoms with Crippen molar-refractivity contribution in [1.29, 1.82) is 0 Å². The van der Waals surface area contributed by atoms with Crippen LogP contribution in [0.4, 0.5) is 0 Å². The average Bonchev–Trinajstić information content (AvgIpc) is 2.50. The van der Waals surface area contributed by atoms with Gasteiger partial charge in [-0.1, -0.05) is 24.6 Å². The smallest absolute Gasteiger partial charge is 0.122 e. The highest BCUT2D eigenvalue weighted by atomic mass is 16.5. The summed E-state index contributed by atoms with van der Waals surface area (Å²) in [5, 5.41) is 0. The molecule has 0 spiro atoms. The lowest BCUT2D eigenvalue weighted by molar-refractivity contribution is 0.0322. The molecule has 1 atom stereocenters. The van der Waals surface area contributed by atoms with E-state index in [0.717, 1.165) is 58.0 Å². The Morgan fingerprint density at radius 1 is 1.33 bits per heavy atom. The van der Waals surface area contributed by atoms with Gasteiger partial charge in [0.2, 0.25) is 0 Å². The Bertz CT molecular complexity index is 431. The Morgan fingerprint density at radius 2 is 2.10 bits per heavy atom. The first-order chi connectivity index (χ1) is 10.2. The molecule has 1 aliphatic rings. The van der Waals surface area contributed by atoms with Crippen molar-refractivity contribution >= 4 is 0 Å². The number of nitrogens with zero attached hydrogens (tertiary/aromatic N) is 1. The monoisotopic (exact) mass is 292 g/mol. The Kier molecular flexibility index (Phi) is 6.49. The first-order valence-corrected chi connectivity index (χ1v) is 7.97. The van der Waals surface area contributed by atoms with E-state index in [2.05, 4.69) is 36.9 Å². The molecule has 0 bridgehead atoms. The highest BCUT2D eigenvalue weighted by Crippen LogP contribution is 2.22. The van der Waals surface area contributed by atoms with Crippen LogP contribution in [0.15, 0.2) is 18.2 Å². The maximum absolute atomic E-state index is 6.09. The summed E-state index contributed by atoms with van der Waals surface area (Å²) in [7, 11) is 0. The quantitative estimate of drug-likeness (QED) is 0.835. The number of nitrogens with two attached hydrogens (primary N) is 1. The third-order valence-corrected chi connectivity index (χ3v) is 3.99. The third-order valence-electron chi connectivity index (χ3n) is 3.99. The highest BCUT2D eigenvalue weighted by molar-refractivity contribution is 5.37. The minimum Gasteiger partial charge on any atom is -0.492 e. The van der Waals surface area contributed by atoms with Gasteiger partial charge in [0.15, 0.2) is 0 Å². The Labute approximate surface area is 128 Å². The molecule has 0 amide bonds. The Hall–Kier alpha value is -1.10. The molecule has 118 valence electrons. The number of aryl methyl sites for hydroxylation is 1. The van der Waals surface area contributed by atoms with Gasteiger partial charge >= 0.3 is 0 Å². The maximum atomic E-state index is 6.09. The summed E-state index contributed by atoms with van der Waals surface area (Å²) >= 11 is 0. The second-order valence-electron chi connectivity index (χ2n) is 5.79. The second-order valence-corrected chi connectivity index (χ2v) is 5.79.